The highest BCUT2D eigenvalue weighted by atomic mass is 16.3. The van der Waals surface area contributed by atoms with E-state index in [1.165, 1.54) is 0 Å². The van der Waals surface area contributed by atoms with Gasteiger partial charge in [-0.2, -0.15) is 0 Å². The molecular weight excluding hydrogens is 154 g/mol. The van der Waals surface area contributed by atoms with Crippen LogP contribution < -0.4 is 0 Å². The van der Waals surface area contributed by atoms with Crippen LogP contribution in [0.5, 0.6) is 0 Å². The number of aliphatic hydroxyl groups excluding tert-OH is 1. The summed E-state index contributed by atoms with van der Waals surface area (Å²) in [6, 6.07) is 0.352. The maximum absolute atomic E-state index is 11.1. The number of rotatable bonds is 1. The molecule has 70 valence electrons. The topological polar surface area (TPSA) is 40.5 Å². The van der Waals surface area contributed by atoms with E-state index in [2.05, 4.69) is 6.92 Å². The molecule has 0 aliphatic carbocycles. The number of piperidine rings is 1. The molecule has 1 fully saturated rings. The molecule has 1 heterocycles. The summed E-state index contributed by atoms with van der Waals surface area (Å²) in [5.41, 5.74) is 0. The Morgan fingerprint density at radius 1 is 1.58 bits per heavy atom. The van der Waals surface area contributed by atoms with Gasteiger partial charge in [0, 0.05) is 26.1 Å². The molecule has 0 aromatic heterocycles. The molecule has 0 bridgehead atoms. The van der Waals surface area contributed by atoms with Crippen LogP contribution in [0.4, 0.5) is 0 Å². The Bertz CT molecular complexity index is 170. The maximum Gasteiger partial charge on any atom is 0.219 e. The lowest BCUT2D eigenvalue weighted by atomic mass is 9.94. The van der Waals surface area contributed by atoms with E-state index in [1.807, 2.05) is 4.90 Å². The van der Waals surface area contributed by atoms with Crippen molar-refractivity contribution in [1.82, 2.24) is 4.90 Å². The van der Waals surface area contributed by atoms with Crippen molar-refractivity contribution in [2.75, 3.05) is 13.2 Å². The van der Waals surface area contributed by atoms with Crippen LogP contribution in [0.1, 0.15) is 26.7 Å². The molecule has 1 saturated heterocycles. The van der Waals surface area contributed by atoms with Crippen LogP contribution in [0.15, 0.2) is 0 Å². The van der Waals surface area contributed by atoms with Gasteiger partial charge in [0.05, 0.1) is 0 Å². The number of nitrogens with zero attached hydrogens (tertiary/aromatic N) is 1. The van der Waals surface area contributed by atoms with Crippen molar-refractivity contribution in [2.45, 2.75) is 32.7 Å². The molecule has 0 aromatic rings. The molecule has 1 rings (SSSR count). The van der Waals surface area contributed by atoms with Crippen LogP contribution in [-0.2, 0) is 4.79 Å². The van der Waals surface area contributed by atoms with Crippen LogP contribution in [0.2, 0.25) is 0 Å². The van der Waals surface area contributed by atoms with E-state index in [0.717, 1.165) is 19.4 Å². The zero-order chi connectivity index (χ0) is 9.14. The number of hydrogen-bond donors (Lipinski definition) is 1. The highest BCUT2D eigenvalue weighted by molar-refractivity contribution is 5.73. The van der Waals surface area contributed by atoms with Gasteiger partial charge in [0.15, 0.2) is 0 Å². The molecule has 2 unspecified atom stereocenters. The van der Waals surface area contributed by atoms with Gasteiger partial charge in [-0.15, -0.1) is 0 Å². The first-order valence-corrected chi connectivity index (χ1v) is 4.53. The predicted octanol–water partition coefficient (Wildman–Crippen LogP) is 0.626. The fourth-order valence-electron chi connectivity index (χ4n) is 1.77. The van der Waals surface area contributed by atoms with Gasteiger partial charge in [-0.1, -0.05) is 0 Å². The number of amides is 1. The van der Waals surface area contributed by atoms with Gasteiger partial charge in [0.25, 0.3) is 0 Å². The molecular formula is C9H17NO2. The predicted molar refractivity (Wildman–Crippen MR) is 46.7 cm³/mol. The average Bonchev–Trinajstić information content (AvgIpc) is 2.05. The Kier molecular flexibility index (Phi) is 3.09. The Balaban J connectivity index is 2.53. The minimum atomic E-state index is 0.126. The van der Waals surface area contributed by atoms with E-state index in [1.54, 1.807) is 6.92 Å². The van der Waals surface area contributed by atoms with Crippen molar-refractivity contribution < 1.29 is 9.90 Å². The van der Waals surface area contributed by atoms with Crippen molar-refractivity contribution in [1.29, 1.82) is 0 Å². The summed E-state index contributed by atoms with van der Waals surface area (Å²) in [5, 5.41) is 8.94. The monoisotopic (exact) mass is 171 g/mol. The van der Waals surface area contributed by atoms with Gasteiger partial charge in [-0.05, 0) is 25.7 Å². The summed E-state index contributed by atoms with van der Waals surface area (Å²) in [6.45, 7) is 4.59. The van der Waals surface area contributed by atoms with Gasteiger partial charge in [-0.25, -0.2) is 0 Å². The van der Waals surface area contributed by atoms with Crippen molar-refractivity contribution in [3.05, 3.63) is 0 Å². The second-order valence-corrected chi connectivity index (χ2v) is 3.65. The van der Waals surface area contributed by atoms with Crippen LogP contribution in [0, 0.1) is 5.92 Å². The summed E-state index contributed by atoms with van der Waals surface area (Å²) in [5.74, 6) is 0.422. The Hall–Kier alpha value is -0.570. The normalized spacial score (nSPS) is 30.4. The average molecular weight is 171 g/mol. The minimum absolute atomic E-state index is 0.126. The van der Waals surface area contributed by atoms with Crippen molar-refractivity contribution in [3.63, 3.8) is 0 Å². The maximum atomic E-state index is 11.1. The van der Waals surface area contributed by atoms with Gasteiger partial charge >= 0.3 is 0 Å². The fourth-order valence-corrected chi connectivity index (χ4v) is 1.77. The molecule has 0 radical (unpaired) electrons. The minimum Gasteiger partial charge on any atom is -0.396 e. The molecule has 0 aromatic carbocycles. The third-order valence-electron chi connectivity index (χ3n) is 2.64. The van der Waals surface area contributed by atoms with E-state index in [4.69, 9.17) is 5.11 Å². The first-order valence-electron chi connectivity index (χ1n) is 4.53. The molecule has 3 heteroatoms. The van der Waals surface area contributed by atoms with Gasteiger partial charge in [0.1, 0.15) is 0 Å². The van der Waals surface area contributed by atoms with Crippen molar-refractivity contribution >= 4 is 5.91 Å². The summed E-state index contributed by atoms with van der Waals surface area (Å²) >= 11 is 0. The Labute approximate surface area is 73.4 Å². The van der Waals surface area contributed by atoms with E-state index in [9.17, 15) is 4.79 Å². The lowest BCUT2D eigenvalue weighted by Gasteiger charge is -2.36. The van der Waals surface area contributed by atoms with Crippen LogP contribution >= 0.6 is 0 Å². The molecule has 1 N–H and O–H groups in total. The molecule has 1 aliphatic heterocycles. The van der Waals surface area contributed by atoms with Crippen LogP contribution in [0.3, 0.4) is 0 Å². The van der Waals surface area contributed by atoms with E-state index in [-0.39, 0.29) is 12.5 Å². The third kappa shape index (κ3) is 1.97. The molecule has 1 amide bonds. The van der Waals surface area contributed by atoms with Gasteiger partial charge < -0.3 is 10.0 Å². The molecule has 12 heavy (non-hydrogen) atoms. The lowest BCUT2D eigenvalue weighted by Crippen LogP contribution is -2.45. The second-order valence-electron chi connectivity index (χ2n) is 3.65. The quantitative estimate of drug-likeness (QED) is 0.628. The Morgan fingerprint density at radius 3 is 2.75 bits per heavy atom. The number of hydrogen-bond acceptors (Lipinski definition) is 2. The van der Waals surface area contributed by atoms with Crippen molar-refractivity contribution in [2.24, 2.45) is 5.92 Å². The fraction of sp³-hybridized carbons (Fsp3) is 0.889. The van der Waals surface area contributed by atoms with Crippen LogP contribution in [-0.4, -0.2) is 35.1 Å². The highest BCUT2D eigenvalue weighted by Crippen LogP contribution is 2.21. The van der Waals surface area contributed by atoms with E-state index in [0.29, 0.717) is 12.0 Å². The smallest absolute Gasteiger partial charge is 0.219 e. The van der Waals surface area contributed by atoms with Crippen LogP contribution in [0.25, 0.3) is 0 Å². The molecule has 0 spiro atoms. The lowest BCUT2D eigenvalue weighted by molar-refractivity contribution is -0.133. The standard InChI is InChI=1S/C9H17NO2/c1-7-3-4-9(6-11)5-10(7)8(2)12/h7,9,11H,3-6H2,1-2H3. The Morgan fingerprint density at radius 2 is 2.25 bits per heavy atom. The zero-order valence-electron chi connectivity index (χ0n) is 7.79. The molecule has 2 atom stereocenters. The highest BCUT2D eigenvalue weighted by Gasteiger charge is 2.26. The van der Waals surface area contributed by atoms with Crippen molar-refractivity contribution in [3.8, 4) is 0 Å². The van der Waals surface area contributed by atoms with Gasteiger partial charge in [-0.3, -0.25) is 4.79 Å². The molecule has 1 aliphatic rings. The van der Waals surface area contributed by atoms with E-state index >= 15 is 0 Å². The SMILES string of the molecule is CC(=O)N1CC(CO)CCC1C. The summed E-state index contributed by atoms with van der Waals surface area (Å²) in [7, 11) is 0. The zero-order valence-corrected chi connectivity index (χ0v) is 7.79. The van der Waals surface area contributed by atoms with Gasteiger partial charge in [0.2, 0.25) is 5.91 Å². The first-order chi connectivity index (χ1) is 5.65. The largest absolute Gasteiger partial charge is 0.396 e. The van der Waals surface area contributed by atoms with E-state index < -0.39 is 0 Å². The number of carbonyl (C=O) groups is 1. The number of carbonyl (C=O) groups excluding carboxylic acids is 1. The number of aliphatic hydroxyl groups is 1. The first kappa shape index (κ1) is 9.52. The molecule has 0 saturated carbocycles. The molecule has 3 nitrogen and oxygen atoms in total. The second kappa shape index (κ2) is 3.90. The third-order valence-corrected chi connectivity index (χ3v) is 2.64. The number of likely N-dealkylation sites (tertiary alicyclic amines) is 1. The summed E-state index contributed by atoms with van der Waals surface area (Å²) in [4.78, 5) is 13.0. The summed E-state index contributed by atoms with van der Waals surface area (Å²) < 4.78 is 0. The summed E-state index contributed by atoms with van der Waals surface area (Å²) in [6.07, 6.45) is 2.06.